The normalized spacial score (nSPS) is 24.6. The molecule has 216 valence electrons. The summed E-state index contributed by atoms with van der Waals surface area (Å²) in [7, 11) is 3.36. The molecule has 1 saturated heterocycles. The Hall–Kier alpha value is -1.91. The van der Waals surface area contributed by atoms with Gasteiger partial charge in [0.2, 0.25) is 0 Å². The average molecular weight is 546 g/mol. The minimum absolute atomic E-state index is 0.0793. The number of amides is 2. The van der Waals surface area contributed by atoms with Gasteiger partial charge in [0, 0.05) is 56.9 Å². The Kier molecular flexibility index (Phi) is 11.7. The lowest BCUT2D eigenvalue weighted by molar-refractivity contribution is -0.0594. The number of hydrogen-bond acceptors (Lipinski definition) is 4. The Labute approximate surface area is 223 Å². The number of benzene rings is 1. The van der Waals surface area contributed by atoms with Crippen molar-refractivity contribution < 1.29 is 32.2 Å². The van der Waals surface area contributed by atoms with Gasteiger partial charge in [0.1, 0.15) is 12.0 Å². The van der Waals surface area contributed by atoms with E-state index in [4.69, 9.17) is 4.74 Å². The molecular weight excluding hydrogens is 502 g/mol. The van der Waals surface area contributed by atoms with Gasteiger partial charge in [-0.2, -0.15) is 0 Å². The monoisotopic (exact) mass is 545 g/mol. The number of ether oxygens (including phenoxy) is 1. The van der Waals surface area contributed by atoms with Gasteiger partial charge in [0.05, 0.1) is 5.60 Å². The van der Waals surface area contributed by atoms with Gasteiger partial charge in [0.15, 0.2) is 11.6 Å². The van der Waals surface area contributed by atoms with Crippen LogP contribution in [-0.2, 0) is 10.3 Å². The third-order valence-electron chi connectivity index (χ3n) is 8.17. The van der Waals surface area contributed by atoms with Crippen LogP contribution in [0.1, 0.15) is 69.8 Å². The number of urea groups is 1. The summed E-state index contributed by atoms with van der Waals surface area (Å²) in [6.07, 6.45) is 4.88. The zero-order chi connectivity index (χ0) is 27.7. The Bertz CT molecular complexity index is 900. The highest BCUT2D eigenvalue weighted by molar-refractivity contribution is 5.74. The molecule has 6 nitrogen and oxygen atoms in total. The van der Waals surface area contributed by atoms with Crippen LogP contribution in [0.15, 0.2) is 12.1 Å². The first-order valence-corrected chi connectivity index (χ1v) is 13.9. The number of aliphatic hydroxyl groups is 1. The van der Waals surface area contributed by atoms with Gasteiger partial charge >= 0.3 is 6.03 Å². The number of piperidine rings is 1. The highest BCUT2D eigenvalue weighted by Gasteiger charge is 2.43. The number of hydrogen-bond donors (Lipinski definition) is 3. The molecule has 2 fully saturated rings. The summed E-state index contributed by atoms with van der Waals surface area (Å²) < 4.78 is 61.9. The zero-order valence-electron chi connectivity index (χ0n) is 22.6. The Morgan fingerprint density at radius 3 is 2.61 bits per heavy atom. The minimum Gasteiger partial charge on any atom is -0.385 e. The number of halogens is 4. The lowest BCUT2D eigenvalue weighted by Crippen LogP contribution is -2.54. The highest BCUT2D eigenvalue weighted by atomic mass is 19.2. The summed E-state index contributed by atoms with van der Waals surface area (Å²) in [5.74, 6) is -3.84. The maximum atomic E-state index is 14.9. The topological polar surface area (TPSA) is 73.8 Å². The van der Waals surface area contributed by atoms with Crippen LogP contribution in [0.3, 0.4) is 0 Å². The molecule has 1 aromatic rings. The van der Waals surface area contributed by atoms with Crippen molar-refractivity contribution in [2.45, 2.75) is 82.0 Å². The standard InChI is InChI=1S/C28H43F4N3O3/c1-33-17-23(14-19-7-9-21(29)10-8-19)34-27(36)35-12-5-6-20(18-35)28(37,11-3-4-13-38-2)24-15-22(30)16-25(31)26(24)32/h15-16,19-21,23,33,37H,3-14,17-18H2,1-2H3,(H,34,36)/t19-,20-,21+,23+,28+/m1/s1. The highest BCUT2D eigenvalue weighted by Crippen LogP contribution is 2.41. The number of likely N-dealkylation sites (tertiary alicyclic amines) is 1. The number of alkyl halides is 1. The van der Waals surface area contributed by atoms with E-state index in [9.17, 15) is 27.5 Å². The number of nitrogens with one attached hydrogen (secondary N) is 2. The van der Waals surface area contributed by atoms with Crippen LogP contribution >= 0.6 is 0 Å². The van der Waals surface area contributed by atoms with Crippen LogP contribution in [0.4, 0.5) is 22.4 Å². The molecule has 3 atom stereocenters. The van der Waals surface area contributed by atoms with Crippen LogP contribution in [0.25, 0.3) is 0 Å². The van der Waals surface area contributed by atoms with Crippen molar-refractivity contribution >= 4 is 6.03 Å². The molecular formula is C28H43F4N3O3. The quantitative estimate of drug-likeness (QED) is 0.196. The minimum atomic E-state index is -1.85. The third-order valence-corrected chi connectivity index (χ3v) is 8.17. The number of likely N-dealkylation sites (N-methyl/N-ethyl adjacent to an activating group) is 1. The Morgan fingerprint density at radius 2 is 1.92 bits per heavy atom. The van der Waals surface area contributed by atoms with E-state index in [2.05, 4.69) is 10.6 Å². The van der Waals surface area contributed by atoms with Crippen LogP contribution in [0.5, 0.6) is 0 Å². The molecule has 38 heavy (non-hydrogen) atoms. The van der Waals surface area contributed by atoms with Crippen LogP contribution < -0.4 is 10.6 Å². The summed E-state index contributed by atoms with van der Waals surface area (Å²) in [5.41, 5.74) is -2.26. The van der Waals surface area contributed by atoms with E-state index in [1.165, 1.54) is 0 Å². The number of unbranched alkanes of at least 4 members (excludes halogenated alkanes) is 1. The molecule has 1 aromatic carbocycles. The molecule has 3 rings (SSSR count). The number of carbonyl (C=O) groups is 1. The van der Waals surface area contributed by atoms with Crippen molar-refractivity contribution in [1.29, 1.82) is 0 Å². The van der Waals surface area contributed by atoms with Crippen molar-refractivity contribution in [2.24, 2.45) is 11.8 Å². The third kappa shape index (κ3) is 8.05. The van der Waals surface area contributed by atoms with E-state index in [1.54, 1.807) is 12.0 Å². The first-order chi connectivity index (χ1) is 18.2. The lowest BCUT2D eigenvalue weighted by Gasteiger charge is -2.43. The summed E-state index contributed by atoms with van der Waals surface area (Å²) in [6.45, 7) is 1.59. The maximum absolute atomic E-state index is 14.9. The van der Waals surface area contributed by atoms with Gasteiger partial charge in [0.25, 0.3) is 0 Å². The fraction of sp³-hybridized carbons (Fsp3) is 0.750. The number of carbonyl (C=O) groups excluding carboxylic acids is 1. The van der Waals surface area contributed by atoms with E-state index < -0.39 is 40.7 Å². The van der Waals surface area contributed by atoms with E-state index in [-0.39, 0.29) is 25.0 Å². The van der Waals surface area contributed by atoms with Gasteiger partial charge < -0.3 is 25.4 Å². The lowest BCUT2D eigenvalue weighted by atomic mass is 9.74. The fourth-order valence-electron chi connectivity index (χ4n) is 6.09. The molecule has 0 unspecified atom stereocenters. The molecule has 2 aliphatic rings. The molecule has 1 aliphatic heterocycles. The van der Waals surface area contributed by atoms with E-state index >= 15 is 0 Å². The predicted molar refractivity (Wildman–Crippen MR) is 138 cm³/mol. The first-order valence-electron chi connectivity index (χ1n) is 13.9. The summed E-state index contributed by atoms with van der Waals surface area (Å²) >= 11 is 0. The van der Waals surface area contributed by atoms with E-state index in [1.807, 2.05) is 7.05 Å². The van der Waals surface area contributed by atoms with Crippen LogP contribution in [0, 0.1) is 29.3 Å². The van der Waals surface area contributed by atoms with Gasteiger partial charge in [-0.05, 0) is 83.2 Å². The number of nitrogens with zero attached hydrogens (tertiary/aromatic N) is 1. The van der Waals surface area contributed by atoms with Gasteiger partial charge in [-0.15, -0.1) is 0 Å². The van der Waals surface area contributed by atoms with E-state index in [0.29, 0.717) is 70.2 Å². The fourth-order valence-corrected chi connectivity index (χ4v) is 6.09. The second kappa shape index (κ2) is 14.5. The first kappa shape index (κ1) is 30.6. The molecule has 10 heteroatoms. The van der Waals surface area contributed by atoms with E-state index in [0.717, 1.165) is 25.3 Å². The van der Waals surface area contributed by atoms with Crippen molar-refractivity contribution in [3.63, 3.8) is 0 Å². The van der Waals surface area contributed by atoms with Crippen molar-refractivity contribution in [3.05, 3.63) is 35.1 Å². The second-order valence-electron chi connectivity index (χ2n) is 11.0. The van der Waals surface area contributed by atoms with Gasteiger partial charge in [-0.3, -0.25) is 0 Å². The van der Waals surface area contributed by atoms with Crippen molar-refractivity contribution in [1.82, 2.24) is 15.5 Å². The summed E-state index contributed by atoms with van der Waals surface area (Å²) in [4.78, 5) is 14.9. The maximum Gasteiger partial charge on any atom is 0.317 e. The van der Waals surface area contributed by atoms with Gasteiger partial charge in [-0.25, -0.2) is 22.4 Å². The van der Waals surface area contributed by atoms with Crippen molar-refractivity contribution in [2.75, 3.05) is 40.4 Å². The smallest absolute Gasteiger partial charge is 0.317 e. The van der Waals surface area contributed by atoms with Crippen LogP contribution in [-0.4, -0.2) is 68.6 Å². The molecule has 1 heterocycles. The molecule has 1 saturated carbocycles. The SMILES string of the molecule is CNC[C@H](C[C@H]1CC[C@@H](F)CC1)NC(=O)N1CCC[C@@H]([C@@](O)(CCCCOC)c2cc(F)cc(F)c2F)C1. The zero-order valence-corrected chi connectivity index (χ0v) is 22.6. The predicted octanol–water partition coefficient (Wildman–Crippen LogP) is 5.04. The Morgan fingerprint density at radius 1 is 1.18 bits per heavy atom. The second-order valence-corrected chi connectivity index (χ2v) is 11.0. The molecule has 2 amide bonds. The number of rotatable bonds is 12. The molecule has 0 radical (unpaired) electrons. The molecule has 0 aromatic heterocycles. The van der Waals surface area contributed by atoms with Crippen molar-refractivity contribution in [3.8, 4) is 0 Å². The molecule has 1 aliphatic carbocycles. The molecule has 0 bridgehead atoms. The summed E-state index contributed by atoms with van der Waals surface area (Å²) in [6, 6.07) is 0.897. The number of methoxy groups -OCH3 is 1. The summed E-state index contributed by atoms with van der Waals surface area (Å²) in [5, 5.41) is 18.0. The molecule has 3 N–H and O–H groups in total. The molecule has 0 spiro atoms. The largest absolute Gasteiger partial charge is 0.385 e. The van der Waals surface area contributed by atoms with Gasteiger partial charge in [-0.1, -0.05) is 0 Å². The average Bonchev–Trinajstić information content (AvgIpc) is 2.90. The Balaban J connectivity index is 1.74. The van der Waals surface area contributed by atoms with Crippen LogP contribution in [0.2, 0.25) is 0 Å².